The number of benzene rings is 2. The summed E-state index contributed by atoms with van der Waals surface area (Å²) >= 11 is 0. The number of nitrogens with one attached hydrogen (secondary N) is 1. The van der Waals surface area contributed by atoms with E-state index in [1.807, 2.05) is 0 Å². The zero-order valence-electron chi connectivity index (χ0n) is 29.3. The predicted octanol–water partition coefficient (Wildman–Crippen LogP) is 4.83. The molecule has 1 saturated carbocycles. The number of fused-ring (bicyclic) bond motifs is 6. The minimum atomic E-state index is -0.231. The van der Waals surface area contributed by atoms with Crippen molar-refractivity contribution in [1.29, 1.82) is 0 Å². The molecule has 8 nitrogen and oxygen atoms in total. The van der Waals surface area contributed by atoms with Gasteiger partial charge in [0.25, 0.3) is 0 Å². The van der Waals surface area contributed by atoms with E-state index in [1.54, 1.807) is 12.7 Å². The van der Waals surface area contributed by atoms with Crippen LogP contribution in [-0.4, -0.2) is 98.6 Å². The molecule has 9 aliphatic heterocycles. The predicted molar refractivity (Wildman–Crippen MR) is 188 cm³/mol. The van der Waals surface area contributed by atoms with E-state index in [9.17, 15) is 4.79 Å². The first-order valence-electron chi connectivity index (χ1n) is 19.7. The lowest BCUT2D eigenvalue weighted by Crippen LogP contribution is -2.76. The average molecular weight is 673 g/mol. The van der Waals surface area contributed by atoms with E-state index in [4.69, 9.17) is 14.2 Å². The fourth-order valence-electron chi connectivity index (χ4n) is 16.5. The summed E-state index contributed by atoms with van der Waals surface area (Å²) in [7, 11) is 1.56. The molecule has 4 spiro atoms. The molecule has 0 aromatic heterocycles. The summed E-state index contributed by atoms with van der Waals surface area (Å²) in [5, 5.41) is 3.82. The Morgan fingerprint density at radius 2 is 1.82 bits per heavy atom. The number of hydrogen-bond acceptors (Lipinski definition) is 8. The fraction of sp³-hybridized carbons (Fsp3) is 0.643. The minimum Gasteiger partial charge on any atom is -0.466 e. The number of ether oxygens (including phenoxy) is 3. The molecule has 13 rings (SSSR count). The van der Waals surface area contributed by atoms with Crippen molar-refractivity contribution in [3.8, 4) is 0 Å². The second kappa shape index (κ2) is 8.82. The number of hydrogen-bond donors (Lipinski definition) is 1. The van der Waals surface area contributed by atoms with E-state index in [0.29, 0.717) is 36.3 Å². The standard InChI is InChI=1S/C42H48N4O4/c1-3-39-19-24-18-38(23-46-29-11-7-5-9-27(29)42(32(24)46)13-15-44(35(39)42)21-30-33(39)50-30)22-45-16-12-41-26-8-4-6-10-28(26)43-31(41)25(34(47)48-2)20-40(36(41)45)14-17-49-37(38)40/h4-11,24,30,32-33,35-37,43H,3,12-23H2,1-2H3/t24-,30-,32-,33-,35-,36+,37+,38+,39-,40+,41+,42-/m1/s1. The summed E-state index contributed by atoms with van der Waals surface area (Å²) in [4.78, 5) is 22.7. The Labute approximate surface area is 294 Å². The molecule has 12 atom stereocenters. The van der Waals surface area contributed by atoms with Crippen molar-refractivity contribution in [1.82, 2.24) is 9.80 Å². The highest BCUT2D eigenvalue weighted by Gasteiger charge is 2.80. The van der Waals surface area contributed by atoms with Crippen molar-refractivity contribution in [2.75, 3.05) is 56.7 Å². The van der Waals surface area contributed by atoms with E-state index in [-0.39, 0.29) is 39.1 Å². The smallest absolute Gasteiger partial charge is 0.335 e. The van der Waals surface area contributed by atoms with Crippen LogP contribution in [0.1, 0.15) is 63.0 Å². The molecule has 2 aliphatic carbocycles. The molecule has 9 heterocycles. The van der Waals surface area contributed by atoms with Gasteiger partial charge in [-0.3, -0.25) is 9.80 Å². The third-order valence-electron chi connectivity index (χ3n) is 17.2. The molecule has 2 aromatic carbocycles. The molecule has 0 amide bonds. The van der Waals surface area contributed by atoms with Gasteiger partial charge in [0.1, 0.15) is 0 Å². The van der Waals surface area contributed by atoms with Gasteiger partial charge in [0.05, 0.1) is 36.4 Å². The molecule has 8 fully saturated rings. The summed E-state index contributed by atoms with van der Waals surface area (Å²) in [5.41, 5.74) is 7.60. The molecule has 1 N–H and O–H groups in total. The molecule has 0 bridgehead atoms. The normalized spacial score (nSPS) is 49.3. The summed E-state index contributed by atoms with van der Waals surface area (Å²) in [6.45, 7) is 8.73. The number of rotatable bonds is 2. The van der Waals surface area contributed by atoms with Gasteiger partial charge in [0.2, 0.25) is 0 Å². The number of esters is 1. The van der Waals surface area contributed by atoms with Gasteiger partial charge in [0, 0.05) is 83.1 Å². The van der Waals surface area contributed by atoms with E-state index in [1.165, 1.54) is 49.2 Å². The molecular formula is C42H48N4O4. The second-order valence-electron chi connectivity index (χ2n) is 18.5. The summed E-state index contributed by atoms with van der Waals surface area (Å²) < 4.78 is 19.5. The van der Waals surface area contributed by atoms with Crippen LogP contribution in [0.25, 0.3) is 0 Å². The first kappa shape index (κ1) is 28.6. The van der Waals surface area contributed by atoms with Crippen LogP contribution in [0.2, 0.25) is 0 Å². The molecule has 50 heavy (non-hydrogen) atoms. The lowest BCUT2D eigenvalue weighted by molar-refractivity contribution is -0.170. The van der Waals surface area contributed by atoms with Crippen LogP contribution in [0, 0.1) is 22.2 Å². The fourth-order valence-corrected chi connectivity index (χ4v) is 16.5. The van der Waals surface area contributed by atoms with Crippen molar-refractivity contribution in [2.45, 2.75) is 99.1 Å². The van der Waals surface area contributed by atoms with Crippen LogP contribution in [0.3, 0.4) is 0 Å². The van der Waals surface area contributed by atoms with Gasteiger partial charge in [-0.2, -0.15) is 0 Å². The Kier molecular flexibility index (Phi) is 5.05. The van der Waals surface area contributed by atoms with E-state index in [0.717, 1.165) is 63.3 Å². The van der Waals surface area contributed by atoms with Crippen LogP contribution in [0.15, 0.2) is 59.8 Å². The molecule has 11 aliphatic rings. The molecular weight excluding hydrogens is 624 g/mol. The summed E-state index contributed by atoms with van der Waals surface area (Å²) in [6.07, 6.45) is 8.60. The van der Waals surface area contributed by atoms with E-state index >= 15 is 0 Å². The second-order valence-corrected chi connectivity index (χ2v) is 18.5. The zero-order valence-corrected chi connectivity index (χ0v) is 29.3. The Bertz CT molecular complexity index is 1950. The highest BCUT2D eigenvalue weighted by atomic mass is 16.6. The Morgan fingerprint density at radius 3 is 2.70 bits per heavy atom. The van der Waals surface area contributed by atoms with Gasteiger partial charge in [-0.05, 0) is 87.2 Å². The highest BCUT2D eigenvalue weighted by Crippen LogP contribution is 2.75. The number of epoxide rings is 1. The SMILES string of the molecule is CC[C@@]12C[C@H]3C[C@]4(CN5CC[C@]67C(=C(C(=O)OC)C[C@@]8(CCO[C@@H]48)[C@H]56)Nc4ccccc47)CN4c5ccccc5[C@]5(CCN(C[C@H]6O[C@H]61)[C@H]25)[C@@H]34. The lowest BCUT2D eigenvalue weighted by atomic mass is 9.44. The number of nitrogens with zero attached hydrogens (tertiary/aromatic N) is 3. The first-order chi connectivity index (χ1) is 24.4. The van der Waals surface area contributed by atoms with Crippen LogP contribution in [-0.2, 0) is 29.8 Å². The van der Waals surface area contributed by atoms with Crippen molar-refractivity contribution >= 4 is 17.3 Å². The lowest BCUT2D eigenvalue weighted by Gasteiger charge is -2.68. The van der Waals surface area contributed by atoms with E-state index < -0.39 is 0 Å². The number of methoxy groups -OCH3 is 1. The van der Waals surface area contributed by atoms with Gasteiger partial charge in [0.15, 0.2) is 0 Å². The molecule has 260 valence electrons. The maximum Gasteiger partial charge on any atom is 0.335 e. The molecule has 2 aromatic rings. The van der Waals surface area contributed by atoms with Gasteiger partial charge in [-0.15, -0.1) is 0 Å². The highest BCUT2D eigenvalue weighted by molar-refractivity contribution is 5.93. The van der Waals surface area contributed by atoms with Gasteiger partial charge >= 0.3 is 5.97 Å². The average Bonchev–Trinajstić information content (AvgIpc) is 3.50. The minimum absolute atomic E-state index is 0.0266. The Hall–Kier alpha value is -2.91. The summed E-state index contributed by atoms with van der Waals surface area (Å²) in [5.74, 6) is 0.411. The molecule has 0 radical (unpaired) electrons. The third kappa shape index (κ3) is 2.83. The van der Waals surface area contributed by atoms with Gasteiger partial charge in [-0.1, -0.05) is 43.3 Å². The summed E-state index contributed by atoms with van der Waals surface area (Å²) in [6, 6.07) is 19.8. The third-order valence-corrected chi connectivity index (χ3v) is 17.2. The monoisotopic (exact) mass is 672 g/mol. The number of piperidine rings is 3. The van der Waals surface area contributed by atoms with E-state index in [2.05, 4.69) is 75.5 Å². The number of carbonyl (C=O) groups excluding carboxylic acids is 1. The first-order valence-corrected chi connectivity index (χ1v) is 19.7. The van der Waals surface area contributed by atoms with Crippen molar-refractivity contribution in [3.63, 3.8) is 0 Å². The largest absolute Gasteiger partial charge is 0.466 e. The maximum absolute atomic E-state index is 13.9. The maximum atomic E-state index is 13.9. The quantitative estimate of drug-likeness (QED) is 0.360. The number of para-hydroxylation sites is 2. The topological polar surface area (TPSA) is 69.8 Å². The molecule has 7 saturated heterocycles. The Balaban J connectivity index is 0.999. The van der Waals surface area contributed by atoms with Crippen LogP contribution in [0.4, 0.5) is 11.4 Å². The van der Waals surface area contributed by atoms with Crippen molar-refractivity contribution < 1.29 is 19.0 Å². The molecule has 8 heteroatoms. The van der Waals surface area contributed by atoms with Gasteiger partial charge in [-0.25, -0.2) is 4.79 Å². The van der Waals surface area contributed by atoms with Gasteiger partial charge < -0.3 is 24.4 Å². The van der Waals surface area contributed by atoms with Crippen LogP contribution >= 0.6 is 0 Å². The zero-order chi connectivity index (χ0) is 33.0. The van der Waals surface area contributed by atoms with Crippen molar-refractivity contribution in [3.05, 3.63) is 70.9 Å². The van der Waals surface area contributed by atoms with Crippen molar-refractivity contribution in [2.24, 2.45) is 22.2 Å². The molecule has 0 unspecified atom stereocenters. The number of anilines is 2. The Morgan fingerprint density at radius 1 is 0.980 bits per heavy atom. The van der Waals surface area contributed by atoms with Crippen LogP contribution < -0.4 is 10.2 Å². The number of carbonyl (C=O) groups is 1. The van der Waals surface area contributed by atoms with Crippen LogP contribution in [0.5, 0.6) is 0 Å².